The highest BCUT2D eigenvalue weighted by atomic mass is 16.5. The number of hydrogen-bond donors (Lipinski definition) is 1. The Labute approximate surface area is 116 Å². The number of hydrogen-bond acceptors (Lipinski definition) is 3. The van der Waals surface area contributed by atoms with Crippen molar-refractivity contribution in [1.82, 2.24) is 10.2 Å². The lowest BCUT2D eigenvalue weighted by Gasteiger charge is -2.35. The molecule has 4 heteroatoms. The van der Waals surface area contributed by atoms with E-state index in [1.54, 1.807) is 0 Å². The Bertz CT molecular complexity index is 290. The van der Waals surface area contributed by atoms with Crippen LogP contribution in [-0.4, -0.2) is 49.2 Å². The number of morpholine rings is 1. The van der Waals surface area contributed by atoms with Gasteiger partial charge in [-0.3, -0.25) is 9.69 Å². The Morgan fingerprint density at radius 3 is 2.79 bits per heavy atom. The van der Waals surface area contributed by atoms with Crippen molar-refractivity contribution in [2.24, 2.45) is 5.92 Å². The van der Waals surface area contributed by atoms with Crippen molar-refractivity contribution in [2.45, 2.75) is 58.1 Å². The molecule has 2 fully saturated rings. The molecule has 1 aliphatic heterocycles. The van der Waals surface area contributed by atoms with Gasteiger partial charge in [-0.1, -0.05) is 19.3 Å². The lowest BCUT2D eigenvalue weighted by molar-refractivity contribution is -0.129. The third-order valence-corrected chi connectivity index (χ3v) is 4.49. The van der Waals surface area contributed by atoms with Crippen molar-refractivity contribution in [3.63, 3.8) is 0 Å². The summed E-state index contributed by atoms with van der Waals surface area (Å²) in [5.41, 5.74) is 0. The van der Waals surface area contributed by atoms with Gasteiger partial charge >= 0.3 is 0 Å². The van der Waals surface area contributed by atoms with Crippen molar-refractivity contribution in [2.75, 3.05) is 26.2 Å². The van der Waals surface area contributed by atoms with E-state index in [0.29, 0.717) is 5.92 Å². The second-order valence-electron chi connectivity index (χ2n) is 6.10. The highest BCUT2D eigenvalue weighted by Gasteiger charge is 2.26. The topological polar surface area (TPSA) is 41.6 Å². The van der Waals surface area contributed by atoms with E-state index in [0.717, 1.165) is 26.2 Å². The molecule has 1 saturated heterocycles. The second-order valence-corrected chi connectivity index (χ2v) is 6.10. The molecule has 2 unspecified atom stereocenters. The van der Waals surface area contributed by atoms with Crippen LogP contribution in [0.2, 0.25) is 0 Å². The van der Waals surface area contributed by atoms with Crippen LogP contribution in [0, 0.1) is 5.92 Å². The molecule has 4 nitrogen and oxygen atoms in total. The minimum Gasteiger partial charge on any atom is -0.376 e. The molecule has 0 aromatic rings. The molecule has 2 atom stereocenters. The first-order valence-corrected chi connectivity index (χ1v) is 7.80. The molecule has 19 heavy (non-hydrogen) atoms. The van der Waals surface area contributed by atoms with E-state index >= 15 is 0 Å². The molecule has 0 radical (unpaired) electrons. The Kier molecular flexibility index (Phi) is 5.64. The Morgan fingerprint density at radius 2 is 2.11 bits per heavy atom. The fraction of sp³-hybridized carbons (Fsp3) is 0.933. The molecule has 1 N–H and O–H groups in total. The van der Waals surface area contributed by atoms with Gasteiger partial charge in [-0.25, -0.2) is 0 Å². The lowest BCUT2D eigenvalue weighted by Crippen LogP contribution is -2.52. The average molecular weight is 268 g/mol. The van der Waals surface area contributed by atoms with Crippen LogP contribution in [0.15, 0.2) is 0 Å². The van der Waals surface area contributed by atoms with Crippen LogP contribution in [0.3, 0.4) is 0 Å². The van der Waals surface area contributed by atoms with Gasteiger partial charge in [0.25, 0.3) is 0 Å². The fourth-order valence-electron chi connectivity index (χ4n) is 3.15. The quantitative estimate of drug-likeness (QED) is 0.845. The van der Waals surface area contributed by atoms with E-state index in [4.69, 9.17) is 4.74 Å². The third-order valence-electron chi connectivity index (χ3n) is 4.49. The monoisotopic (exact) mass is 268 g/mol. The van der Waals surface area contributed by atoms with E-state index in [-0.39, 0.29) is 18.1 Å². The highest BCUT2D eigenvalue weighted by Crippen LogP contribution is 2.22. The number of ether oxygens (including phenoxy) is 1. The predicted octanol–water partition coefficient (Wildman–Crippen LogP) is 1.79. The van der Waals surface area contributed by atoms with Gasteiger partial charge in [0.1, 0.15) is 0 Å². The zero-order valence-electron chi connectivity index (χ0n) is 12.4. The van der Waals surface area contributed by atoms with E-state index in [9.17, 15) is 4.79 Å². The van der Waals surface area contributed by atoms with Crippen LogP contribution in [0.1, 0.15) is 46.0 Å². The van der Waals surface area contributed by atoms with Crippen LogP contribution in [-0.2, 0) is 9.53 Å². The number of carbonyl (C=O) groups excluding carboxylic acids is 1. The number of nitrogens with zero attached hydrogens (tertiary/aromatic N) is 1. The van der Waals surface area contributed by atoms with Gasteiger partial charge in [0.2, 0.25) is 5.91 Å². The Morgan fingerprint density at radius 1 is 1.37 bits per heavy atom. The van der Waals surface area contributed by atoms with Crippen LogP contribution in [0.25, 0.3) is 0 Å². The summed E-state index contributed by atoms with van der Waals surface area (Å²) in [7, 11) is 0. The summed E-state index contributed by atoms with van der Waals surface area (Å²) >= 11 is 0. The van der Waals surface area contributed by atoms with Gasteiger partial charge in [0.05, 0.1) is 18.8 Å². The largest absolute Gasteiger partial charge is 0.376 e. The molecule has 1 amide bonds. The fourth-order valence-corrected chi connectivity index (χ4v) is 3.15. The van der Waals surface area contributed by atoms with Crippen molar-refractivity contribution in [3.8, 4) is 0 Å². The van der Waals surface area contributed by atoms with Crippen molar-refractivity contribution < 1.29 is 9.53 Å². The number of nitrogens with one attached hydrogen (secondary N) is 1. The van der Waals surface area contributed by atoms with E-state index in [2.05, 4.69) is 17.1 Å². The summed E-state index contributed by atoms with van der Waals surface area (Å²) in [4.78, 5) is 14.4. The zero-order valence-corrected chi connectivity index (χ0v) is 12.4. The second kappa shape index (κ2) is 7.25. The summed E-state index contributed by atoms with van der Waals surface area (Å²) in [5.74, 6) is 0.883. The minimum absolute atomic E-state index is 0.0325. The summed E-state index contributed by atoms with van der Waals surface area (Å²) in [6.07, 6.45) is 6.83. The van der Waals surface area contributed by atoms with Gasteiger partial charge in [0, 0.05) is 19.6 Å². The molecule has 0 aromatic carbocycles. The first-order chi connectivity index (χ1) is 9.16. The maximum absolute atomic E-state index is 12.2. The van der Waals surface area contributed by atoms with Gasteiger partial charge in [-0.15, -0.1) is 0 Å². The molecule has 1 aliphatic carbocycles. The van der Waals surface area contributed by atoms with E-state index < -0.39 is 0 Å². The molecular formula is C15H28N2O2. The first-order valence-electron chi connectivity index (χ1n) is 7.80. The summed E-state index contributed by atoms with van der Waals surface area (Å²) < 4.78 is 5.52. The summed E-state index contributed by atoms with van der Waals surface area (Å²) in [5, 5.41) is 3.14. The molecule has 0 aromatic heterocycles. The SMILES string of the molecule is CC1CN(C(C)C(=O)NCC2CCCCC2)CCO1. The number of amides is 1. The highest BCUT2D eigenvalue weighted by molar-refractivity contribution is 5.81. The summed E-state index contributed by atoms with van der Waals surface area (Å²) in [6.45, 7) is 7.40. The van der Waals surface area contributed by atoms with Crippen LogP contribution in [0.5, 0.6) is 0 Å². The maximum Gasteiger partial charge on any atom is 0.237 e. The first kappa shape index (κ1) is 14.8. The van der Waals surface area contributed by atoms with Crippen molar-refractivity contribution >= 4 is 5.91 Å². The molecule has 1 saturated carbocycles. The maximum atomic E-state index is 12.2. The normalized spacial score (nSPS) is 28.0. The molecule has 2 rings (SSSR count). The van der Waals surface area contributed by atoms with E-state index in [1.807, 2.05) is 6.92 Å². The van der Waals surface area contributed by atoms with Crippen molar-refractivity contribution in [1.29, 1.82) is 0 Å². The molecular weight excluding hydrogens is 240 g/mol. The molecule has 1 heterocycles. The summed E-state index contributed by atoms with van der Waals surface area (Å²) in [6, 6.07) is -0.0325. The lowest BCUT2D eigenvalue weighted by atomic mass is 9.89. The third kappa shape index (κ3) is 4.46. The minimum atomic E-state index is -0.0325. The van der Waals surface area contributed by atoms with Gasteiger partial charge in [-0.2, -0.15) is 0 Å². The molecule has 110 valence electrons. The van der Waals surface area contributed by atoms with Gasteiger partial charge < -0.3 is 10.1 Å². The smallest absolute Gasteiger partial charge is 0.237 e. The standard InChI is InChI=1S/C15H28N2O2/c1-12-11-17(8-9-19-12)13(2)15(18)16-10-14-6-4-3-5-7-14/h12-14H,3-11H2,1-2H3,(H,16,18). The molecule has 0 bridgehead atoms. The van der Waals surface area contributed by atoms with Crippen LogP contribution < -0.4 is 5.32 Å². The Balaban J connectivity index is 1.72. The number of rotatable bonds is 4. The molecule has 2 aliphatic rings. The predicted molar refractivity (Wildman–Crippen MR) is 76.0 cm³/mol. The number of carbonyl (C=O) groups is 1. The molecule has 0 spiro atoms. The van der Waals surface area contributed by atoms with E-state index in [1.165, 1.54) is 32.1 Å². The van der Waals surface area contributed by atoms with Crippen LogP contribution >= 0.6 is 0 Å². The average Bonchev–Trinajstić information content (AvgIpc) is 2.45. The van der Waals surface area contributed by atoms with Crippen molar-refractivity contribution in [3.05, 3.63) is 0 Å². The van der Waals surface area contributed by atoms with Crippen LogP contribution in [0.4, 0.5) is 0 Å². The van der Waals surface area contributed by atoms with Gasteiger partial charge in [-0.05, 0) is 32.6 Å². The Hall–Kier alpha value is -0.610. The van der Waals surface area contributed by atoms with Gasteiger partial charge in [0.15, 0.2) is 0 Å². The zero-order chi connectivity index (χ0) is 13.7.